The van der Waals surface area contributed by atoms with E-state index in [1.807, 2.05) is 61.5 Å². The van der Waals surface area contributed by atoms with Crippen molar-refractivity contribution in [3.8, 4) is 0 Å². The molecule has 1 fully saturated rings. The van der Waals surface area contributed by atoms with Crippen molar-refractivity contribution in [2.45, 2.75) is 19.8 Å². The van der Waals surface area contributed by atoms with E-state index in [4.69, 9.17) is 12.2 Å². The topological polar surface area (TPSA) is 49.4 Å². The van der Waals surface area contributed by atoms with E-state index in [1.165, 1.54) is 11.8 Å². The lowest BCUT2D eigenvalue weighted by Crippen LogP contribution is -2.29. The fourth-order valence-electron chi connectivity index (χ4n) is 2.70. The summed E-state index contributed by atoms with van der Waals surface area (Å²) >= 11 is 10.1. The van der Waals surface area contributed by atoms with E-state index in [0.29, 0.717) is 28.6 Å². The smallest absolute Gasteiger partial charge is 0.266 e. The Morgan fingerprint density at radius 1 is 1.25 bits per heavy atom. The number of rotatable bonds is 6. The van der Waals surface area contributed by atoms with Crippen LogP contribution in [-0.4, -0.2) is 27.6 Å². The lowest BCUT2D eigenvalue weighted by Gasteiger charge is -2.14. The second-order valence-electron chi connectivity index (χ2n) is 6.41. The predicted octanol–water partition coefficient (Wildman–Crippen LogP) is 5.38. The Bertz CT molecular complexity index is 942. The van der Waals surface area contributed by atoms with Crippen LogP contribution >= 0.6 is 39.9 Å². The van der Waals surface area contributed by atoms with Gasteiger partial charge in [-0.25, -0.2) is 0 Å². The Kier molecular flexibility index (Phi) is 7.04. The van der Waals surface area contributed by atoms with Crippen LogP contribution in [0.15, 0.2) is 57.9 Å². The zero-order chi connectivity index (χ0) is 20.1. The molecule has 0 atom stereocenters. The summed E-state index contributed by atoms with van der Waals surface area (Å²) in [6.45, 7) is 2.43. The lowest BCUT2D eigenvalue weighted by atomic mass is 10.2. The summed E-state index contributed by atoms with van der Waals surface area (Å²) in [6.07, 6.45) is 2.72. The van der Waals surface area contributed by atoms with E-state index < -0.39 is 0 Å². The van der Waals surface area contributed by atoms with Crippen LogP contribution in [0.3, 0.4) is 0 Å². The van der Waals surface area contributed by atoms with Crippen LogP contribution in [-0.2, 0) is 9.59 Å². The molecule has 0 unspecified atom stereocenters. The van der Waals surface area contributed by atoms with E-state index in [0.717, 1.165) is 21.3 Å². The maximum absolute atomic E-state index is 12.6. The van der Waals surface area contributed by atoms with Gasteiger partial charge in [-0.3, -0.25) is 14.5 Å². The van der Waals surface area contributed by atoms with E-state index in [-0.39, 0.29) is 11.8 Å². The minimum atomic E-state index is -0.103. The first-order chi connectivity index (χ1) is 13.4. The Morgan fingerprint density at radius 3 is 2.71 bits per heavy atom. The molecule has 1 N–H and O–H groups in total. The SMILES string of the molecule is Cc1ccc(NC(=O)CCCN2C(=O)/C(=C/c3cccc(Br)c3)SC2=S)cc1. The number of aryl methyl sites for hydroxylation is 1. The van der Waals surface area contributed by atoms with Gasteiger partial charge in [0.2, 0.25) is 5.91 Å². The molecule has 2 aromatic carbocycles. The summed E-state index contributed by atoms with van der Waals surface area (Å²) in [5.74, 6) is -0.173. The number of nitrogens with zero attached hydrogens (tertiary/aromatic N) is 1. The molecule has 0 saturated carbocycles. The molecule has 0 spiro atoms. The minimum absolute atomic E-state index is 0.0704. The largest absolute Gasteiger partial charge is 0.326 e. The number of thioether (sulfide) groups is 1. The van der Waals surface area contributed by atoms with Gasteiger partial charge < -0.3 is 5.32 Å². The normalized spacial score (nSPS) is 15.4. The Morgan fingerprint density at radius 2 is 2.00 bits per heavy atom. The molecule has 28 heavy (non-hydrogen) atoms. The van der Waals surface area contributed by atoms with Gasteiger partial charge in [-0.15, -0.1) is 0 Å². The molecule has 2 amide bonds. The maximum atomic E-state index is 12.6. The van der Waals surface area contributed by atoms with Crippen molar-refractivity contribution >= 4 is 67.8 Å². The predicted molar refractivity (Wildman–Crippen MR) is 123 cm³/mol. The lowest BCUT2D eigenvalue weighted by molar-refractivity contribution is -0.122. The standard InChI is InChI=1S/C21H19BrN2O2S2/c1-14-7-9-17(10-8-14)23-19(25)6-3-11-24-20(26)18(28-21(24)27)13-15-4-2-5-16(22)12-15/h2,4-5,7-10,12-13H,3,6,11H2,1H3,(H,23,25)/b18-13-. The van der Waals surface area contributed by atoms with Crippen molar-refractivity contribution in [1.82, 2.24) is 4.90 Å². The molecule has 1 aliphatic heterocycles. The van der Waals surface area contributed by atoms with Gasteiger partial charge >= 0.3 is 0 Å². The van der Waals surface area contributed by atoms with Gasteiger partial charge in [-0.2, -0.15) is 0 Å². The van der Waals surface area contributed by atoms with Crippen LogP contribution in [0.1, 0.15) is 24.0 Å². The molecular weight excluding hydrogens is 456 g/mol. The molecule has 0 bridgehead atoms. The Balaban J connectivity index is 1.53. The average molecular weight is 475 g/mol. The fourth-order valence-corrected chi connectivity index (χ4v) is 4.42. The van der Waals surface area contributed by atoms with E-state index in [1.54, 1.807) is 4.90 Å². The highest BCUT2D eigenvalue weighted by Gasteiger charge is 2.31. The number of carbonyl (C=O) groups is 2. The fraction of sp³-hybridized carbons (Fsp3) is 0.190. The molecule has 3 rings (SSSR count). The maximum Gasteiger partial charge on any atom is 0.266 e. The molecule has 2 aromatic rings. The van der Waals surface area contributed by atoms with Crippen molar-refractivity contribution in [3.05, 3.63) is 69.0 Å². The number of halogens is 1. The third kappa shape index (κ3) is 5.53. The third-order valence-corrected chi connectivity index (χ3v) is 6.01. The molecule has 1 heterocycles. The highest BCUT2D eigenvalue weighted by molar-refractivity contribution is 9.10. The van der Waals surface area contributed by atoms with Crippen molar-refractivity contribution in [2.75, 3.05) is 11.9 Å². The quantitative estimate of drug-likeness (QED) is 0.451. The number of nitrogens with one attached hydrogen (secondary N) is 1. The van der Waals surface area contributed by atoms with Gasteiger partial charge in [0.15, 0.2) is 0 Å². The van der Waals surface area contributed by atoms with Gasteiger partial charge in [0, 0.05) is 23.1 Å². The number of anilines is 1. The highest BCUT2D eigenvalue weighted by Crippen LogP contribution is 2.33. The summed E-state index contributed by atoms with van der Waals surface area (Å²) in [7, 11) is 0. The van der Waals surface area contributed by atoms with Gasteiger partial charge in [0.25, 0.3) is 5.91 Å². The summed E-state index contributed by atoms with van der Waals surface area (Å²) in [5, 5.41) is 2.87. The van der Waals surface area contributed by atoms with Crippen LogP contribution in [0, 0.1) is 6.92 Å². The van der Waals surface area contributed by atoms with Gasteiger partial charge in [-0.1, -0.05) is 69.7 Å². The zero-order valence-electron chi connectivity index (χ0n) is 15.3. The highest BCUT2D eigenvalue weighted by atomic mass is 79.9. The summed E-state index contributed by atoms with van der Waals surface area (Å²) in [4.78, 5) is 26.9. The summed E-state index contributed by atoms with van der Waals surface area (Å²) in [5.41, 5.74) is 2.86. The van der Waals surface area contributed by atoms with Crippen molar-refractivity contribution < 1.29 is 9.59 Å². The number of hydrogen-bond acceptors (Lipinski definition) is 4. The molecule has 4 nitrogen and oxygen atoms in total. The van der Waals surface area contributed by atoms with Crippen molar-refractivity contribution in [1.29, 1.82) is 0 Å². The first-order valence-corrected chi connectivity index (χ1v) is 10.8. The Labute approximate surface area is 182 Å². The minimum Gasteiger partial charge on any atom is -0.326 e. The third-order valence-electron chi connectivity index (χ3n) is 4.14. The summed E-state index contributed by atoms with van der Waals surface area (Å²) in [6, 6.07) is 15.4. The van der Waals surface area contributed by atoms with E-state index in [9.17, 15) is 9.59 Å². The first-order valence-electron chi connectivity index (χ1n) is 8.80. The molecule has 7 heteroatoms. The monoisotopic (exact) mass is 474 g/mol. The van der Waals surface area contributed by atoms with Crippen molar-refractivity contribution in [3.63, 3.8) is 0 Å². The van der Waals surface area contributed by atoms with Gasteiger partial charge in [0.1, 0.15) is 4.32 Å². The molecule has 0 radical (unpaired) electrons. The zero-order valence-corrected chi connectivity index (χ0v) is 18.5. The number of hydrogen-bond donors (Lipinski definition) is 1. The van der Waals surface area contributed by atoms with Crippen LogP contribution in [0.4, 0.5) is 5.69 Å². The van der Waals surface area contributed by atoms with Crippen LogP contribution < -0.4 is 5.32 Å². The van der Waals surface area contributed by atoms with Crippen LogP contribution in [0.25, 0.3) is 6.08 Å². The number of amides is 2. The number of thiocarbonyl (C=S) groups is 1. The van der Waals surface area contributed by atoms with Gasteiger partial charge in [0.05, 0.1) is 4.91 Å². The average Bonchev–Trinajstić information content (AvgIpc) is 2.91. The number of benzene rings is 2. The Hall–Kier alpha value is -1.96. The second kappa shape index (κ2) is 9.49. The van der Waals surface area contributed by atoms with Crippen molar-refractivity contribution in [2.24, 2.45) is 0 Å². The molecule has 144 valence electrons. The molecular formula is C21H19BrN2O2S2. The molecule has 0 aromatic heterocycles. The van der Waals surface area contributed by atoms with Gasteiger partial charge in [-0.05, 0) is 49.2 Å². The molecule has 0 aliphatic carbocycles. The summed E-state index contributed by atoms with van der Waals surface area (Å²) < 4.78 is 1.49. The first kappa shape index (κ1) is 20.8. The van der Waals surface area contributed by atoms with E-state index in [2.05, 4.69) is 21.2 Å². The van der Waals surface area contributed by atoms with Crippen LogP contribution in [0.2, 0.25) is 0 Å². The number of carbonyl (C=O) groups excluding carboxylic acids is 2. The van der Waals surface area contributed by atoms with E-state index >= 15 is 0 Å². The second-order valence-corrected chi connectivity index (χ2v) is 9.00. The molecule has 1 saturated heterocycles. The molecule has 1 aliphatic rings. The van der Waals surface area contributed by atoms with Crippen LogP contribution in [0.5, 0.6) is 0 Å².